The number of nitrogens with zero attached hydrogens (tertiary/aromatic N) is 3. The summed E-state index contributed by atoms with van der Waals surface area (Å²) in [6.07, 6.45) is 0. The van der Waals surface area contributed by atoms with Crippen LogP contribution in [0.15, 0.2) is 65.1 Å². The highest BCUT2D eigenvalue weighted by atomic mass is 16.3. The zero-order valence-corrected chi connectivity index (χ0v) is 12.1. The van der Waals surface area contributed by atoms with Crippen molar-refractivity contribution in [3.63, 3.8) is 0 Å². The molecular formula is C17H13N5O. The van der Waals surface area contributed by atoms with Crippen LogP contribution in [0.5, 0.6) is 0 Å². The minimum atomic E-state index is 0.133. The van der Waals surface area contributed by atoms with Crippen LogP contribution in [0.3, 0.4) is 0 Å². The van der Waals surface area contributed by atoms with Crippen LogP contribution in [0.25, 0.3) is 22.6 Å². The molecule has 0 aliphatic carbocycles. The molecule has 0 fully saturated rings. The van der Waals surface area contributed by atoms with E-state index in [0.29, 0.717) is 17.5 Å². The van der Waals surface area contributed by atoms with Gasteiger partial charge in [-0.15, -0.1) is 0 Å². The Morgan fingerprint density at radius 2 is 1.65 bits per heavy atom. The molecule has 0 radical (unpaired) electrons. The summed E-state index contributed by atoms with van der Waals surface area (Å²) in [6, 6.07) is 19.2. The molecule has 0 saturated carbocycles. The Labute approximate surface area is 132 Å². The van der Waals surface area contributed by atoms with Gasteiger partial charge in [0.05, 0.1) is 0 Å². The van der Waals surface area contributed by atoms with Crippen LogP contribution in [0.1, 0.15) is 0 Å². The van der Waals surface area contributed by atoms with Gasteiger partial charge in [0.2, 0.25) is 17.7 Å². The highest BCUT2D eigenvalue weighted by Gasteiger charge is 2.12. The molecular weight excluding hydrogens is 290 g/mol. The third-order valence-electron chi connectivity index (χ3n) is 3.33. The van der Waals surface area contributed by atoms with Crippen molar-refractivity contribution in [2.24, 2.45) is 0 Å². The van der Waals surface area contributed by atoms with Crippen molar-refractivity contribution in [1.82, 2.24) is 15.0 Å². The Hall–Kier alpha value is -3.41. The molecule has 23 heavy (non-hydrogen) atoms. The van der Waals surface area contributed by atoms with Crippen LogP contribution in [0.2, 0.25) is 0 Å². The second kappa shape index (κ2) is 5.42. The Balaban J connectivity index is 1.74. The molecule has 0 aliphatic heterocycles. The number of furan rings is 1. The van der Waals surface area contributed by atoms with Crippen LogP contribution < -0.4 is 11.1 Å². The van der Waals surface area contributed by atoms with Gasteiger partial charge in [-0.2, -0.15) is 15.0 Å². The number of aromatic nitrogens is 3. The SMILES string of the molecule is Nc1nc(Nc2ccccc2)nc(-c2cc3ccccc3o2)n1. The van der Waals surface area contributed by atoms with Crippen molar-refractivity contribution in [2.75, 3.05) is 11.1 Å². The van der Waals surface area contributed by atoms with Gasteiger partial charge in [-0.3, -0.25) is 0 Å². The third kappa shape index (κ3) is 2.69. The molecule has 0 spiro atoms. The second-order valence-electron chi connectivity index (χ2n) is 4.98. The Morgan fingerprint density at radius 1 is 0.870 bits per heavy atom. The first-order valence-corrected chi connectivity index (χ1v) is 7.10. The van der Waals surface area contributed by atoms with E-state index in [2.05, 4.69) is 20.3 Å². The Bertz CT molecular complexity index is 932. The number of hydrogen-bond donors (Lipinski definition) is 2. The van der Waals surface area contributed by atoms with Gasteiger partial charge < -0.3 is 15.5 Å². The number of nitrogens with one attached hydrogen (secondary N) is 1. The molecule has 2 heterocycles. The maximum atomic E-state index is 5.80. The van der Waals surface area contributed by atoms with E-state index >= 15 is 0 Å². The topological polar surface area (TPSA) is 89.9 Å². The first-order valence-electron chi connectivity index (χ1n) is 7.10. The number of anilines is 3. The van der Waals surface area contributed by atoms with E-state index in [4.69, 9.17) is 10.2 Å². The zero-order valence-electron chi connectivity index (χ0n) is 12.1. The molecule has 0 atom stereocenters. The first kappa shape index (κ1) is 13.3. The van der Waals surface area contributed by atoms with Crippen molar-refractivity contribution in [2.45, 2.75) is 0 Å². The number of para-hydroxylation sites is 2. The molecule has 4 rings (SSSR count). The molecule has 4 aromatic rings. The van der Waals surface area contributed by atoms with Crippen LogP contribution in [0, 0.1) is 0 Å². The number of nitrogens with two attached hydrogens (primary N) is 1. The molecule has 6 nitrogen and oxygen atoms in total. The van der Waals surface area contributed by atoms with E-state index in [-0.39, 0.29) is 5.95 Å². The standard InChI is InChI=1S/C17H13N5O/c18-16-20-15(14-10-11-6-4-5-9-13(11)23-14)21-17(22-16)19-12-7-2-1-3-8-12/h1-10H,(H3,18,19,20,21,22). The molecule has 0 amide bonds. The smallest absolute Gasteiger partial charge is 0.232 e. The highest BCUT2D eigenvalue weighted by Crippen LogP contribution is 2.26. The maximum Gasteiger partial charge on any atom is 0.232 e. The largest absolute Gasteiger partial charge is 0.453 e. The minimum Gasteiger partial charge on any atom is -0.453 e. The number of nitrogen functional groups attached to an aromatic ring is 1. The Morgan fingerprint density at radius 3 is 2.48 bits per heavy atom. The third-order valence-corrected chi connectivity index (χ3v) is 3.33. The maximum absolute atomic E-state index is 5.80. The number of fused-ring (bicyclic) bond motifs is 1. The summed E-state index contributed by atoms with van der Waals surface area (Å²) in [5.74, 6) is 1.46. The average Bonchev–Trinajstić information content (AvgIpc) is 2.99. The lowest BCUT2D eigenvalue weighted by Gasteiger charge is -2.05. The van der Waals surface area contributed by atoms with E-state index in [0.717, 1.165) is 16.7 Å². The van der Waals surface area contributed by atoms with Crippen molar-refractivity contribution in [3.8, 4) is 11.6 Å². The van der Waals surface area contributed by atoms with Crippen LogP contribution in [-0.4, -0.2) is 15.0 Å². The van der Waals surface area contributed by atoms with Gasteiger partial charge in [-0.1, -0.05) is 36.4 Å². The molecule has 0 unspecified atom stereocenters. The van der Waals surface area contributed by atoms with Crippen LogP contribution in [0.4, 0.5) is 17.6 Å². The lowest BCUT2D eigenvalue weighted by atomic mass is 10.2. The zero-order chi connectivity index (χ0) is 15.6. The van der Waals surface area contributed by atoms with Crippen molar-refractivity contribution < 1.29 is 4.42 Å². The molecule has 0 aliphatic rings. The quantitative estimate of drug-likeness (QED) is 0.601. The molecule has 112 valence electrons. The number of rotatable bonds is 3. The van der Waals surface area contributed by atoms with Gasteiger partial charge in [0, 0.05) is 11.1 Å². The summed E-state index contributed by atoms with van der Waals surface area (Å²) in [4.78, 5) is 12.7. The van der Waals surface area contributed by atoms with Crippen molar-refractivity contribution >= 4 is 28.6 Å². The van der Waals surface area contributed by atoms with E-state index in [1.54, 1.807) is 0 Å². The van der Waals surface area contributed by atoms with Crippen molar-refractivity contribution in [3.05, 3.63) is 60.7 Å². The van der Waals surface area contributed by atoms with Crippen LogP contribution in [-0.2, 0) is 0 Å². The van der Waals surface area contributed by atoms with Gasteiger partial charge in [0.15, 0.2) is 5.76 Å². The Kier molecular flexibility index (Phi) is 3.12. The fraction of sp³-hybridized carbons (Fsp3) is 0. The lowest BCUT2D eigenvalue weighted by molar-refractivity contribution is 0.625. The predicted octanol–water partition coefficient (Wildman–Crippen LogP) is 3.61. The molecule has 3 N–H and O–H groups in total. The monoisotopic (exact) mass is 303 g/mol. The average molecular weight is 303 g/mol. The number of benzene rings is 2. The molecule has 0 saturated heterocycles. The second-order valence-corrected chi connectivity index (χ2v) is 4.98. The summed E-state index contributed by atoms with van der Waals surface area (Å²) in [5.41, 5.74) is 7.45. The predicted molar refractivity (Wildman–Crippen MR) is 89.2 cm³/mol. The van der Waals surface area contributed by atoms with E-state index in [1.807, 2.05) is 60.7 Å². The van der Waals surface area contributed by atoms with E-state index in [9.17, 15) is 0 Å². The fourth-order valence-corrected chi connectivity index (χ4v) is 2.30. The van der Waals surface area contributed by atoms with E-state index < -0.39 is 0 Å². The van der Waals surface area contributed by atoms with Gasteiger partial charge in [-0.25, -0.2) is 0 Å². The lowest BCUT2D eigenvalue weighted by Crippen LogP contribution is -2.04. The highest BCUT2D eigenvalue weighted by molar-refractivity contribution is 5.81. The van der Waals surface area contributed by atoms with Crippen LogP contribution >= 0.6 is 0 Å². The summed E-state index contributed by atoms with van der Waals surface area (Å²) in [6.45, 7) is 0. The molecule has 2 aromatic carbocycles. The van der Waals surface area contributed by atoms with Gasteiger partial charge in [0.25, 0.3) is 0 Å². The molecule has 2 aromatic heterocycles. The van der Waals surface area contributed by atoms with Gasteiger partial charge >= 0.3 is 0 Å². The first-order chi connectivity index (χ1) is 11.3. The summed E-state index contributed by atoms with van der Waals surface area (Å²) in [5, 5.41) is 4.09. The van der Waals surface area contributed by atoms with Gasteiger partial charge in [0.1, 0.15) is 5.58 Å². The summed E-state index contributed by atoms with van der Waals surface area (Å²) < 4.78 is 5.78. The molecule has 0 bridgehead atoms. The fourth-order valence-electron chi connectivity index (χ4n) is 2.30. The normalized spacial score (nSPS) is 10.8. The number of hydrogen-bond acceptors (Lipinski definition) is 6. The van der Waals surface area contributed by atoms with Gasteiger partial charge in [-0.05, 0) is 24.3 Å². The summed E-state index contributed by atoms with van der Waals surface area (Å²) >= 11 is 0. The summed E-state index contributed by atoms with van der Waals surface area (Å²) in [7, 11) is 0. The molecule has 6 heteroatoms. The van der Waals surface area contributed by atoms with Crippen molar-refractivity contribution in [1.29, 1.82) is 0 Å². The van der Waals surface area contributed by atoms with E-state index in [1.165, 1.54) is 0 Å². The minimum absolute atomic E-state index is 0.133.